The van der Waals surface area contributed by atoms with Crippen LogP contribution in [0.25, 0.3) is 0 Å². The maximum absolute atomic E-state index is 11.6. The van der Waals surface area contributed by atoms with Gasteiger partial charge in [-0.25, -0.2) is 4.79 Å². The highest BCUT2D eigenvalue weighted by molar-refractivity contribution is 5.88. The van der Waals surface area contributed by atoms with Crippen molar-refractivity contribution in [3.05, 3.63) is 39.9 Å². The number of aliphatic carboxylic acids is 2. The maximum Gasteiger partial charge on any atom is 0.331 e. The van der Waals surface area contributed by atoms with Crippen LogP contribution in [0.3, 0.4) is 0 Å². The van der Waals surface area contributed by atoms with E-state index >= 15 is 0 Å². The molecule has 0 heterocycles. The highest BCUT2D eigenvalue weighted by Crippen LogP contribution is 2.25. The summed E-state index contributed by atoms with van der Waals surface area (Å²) < 4.78 is 0. The minimum Gasteiger partial charge on any atom is -0.480 e. The Morgan fingerprint density at radius 1 is 1.23 bits per heavy atom. The number of carbonyl (C=O) groups is 3. The van der Waals surface area contributed by atoms with E-state index in [0.717, 1.165) is 6.07 Å². The lowest BCUT2D eigenvalue weighted by Crippen LogP contribution is -2.40. The lowest BCUT2D eigenvalue weighted by molar-refractivity contribution is -0.385. The summed E-state index contributed by atoms with van der Waals surface area (Å²) in [6, 6.07) is 1.83. The first-order chi connectivity index (χ1) is 10.2. The first kappa shape index (κ1) is 17.0. The largest absolute Gasteiger partial charge is 0.480 e. The number of nitro groups is 1. The number of carboxylic acid groups (broad SMARTS) is 2. The Hall–Kier alpha value is -3.01. The van der Waals surface area contributed by atoms with Crippen molar-refractivity contribution in [1.82, 2.24) is 5.32 Å². The van der Waals surface area contributed by atoms with Crippen LogP contribution in [0.5, 0.6) is 0 Å². The van der Waals surface area contributed by atoms with E-state index in [1.165, 1.54) is 18.2 Å². The summed E-state index contributed by atoms with van der Waals surface area (Å²) in [5, 5.41) is 30.7. The summed E-state index contributed by atoms with van der Waals surface area (Å²) in [5.74, 6) is -3.89. The summed E-state index contributed by atoms with van der Waals surface area (Å²) in [4.78, 5) is 43.6. The van der Waals surface area contributed by atoms with Gasteiger partial charge < -0.3 is 21.3 Å². The minimum atomic E-state index is -1.69. The third-order valence-electron chi connectivity index (χ3n) is 2.72. The Labute approximate surface area is 123 Å². The van der Waals surface area contributed by atoms with Gasteiger partial charge in [0, 0.05) is 6.07 Å². The standard InChI is InChI=1S/C12H13N3O7/c13-7(11(17)18)5-9(16)14-10(12(19)20)6-3-1-2-4-8(6)15(21)22/h1-4,7,10H,5,13H2,(H,14,16)(H,17,18)(H,19,20)/t7-,10?/m0/s1. The van der Waals surface area contributed by atoms with Crippen molar-refractivity contribution in [1.29, 1.82) is 0 Å². The van der Waals surface area contributed by atoms with Gasteiger partial charge in [0.15, 0.2) is 6.04 Å². The summed E-state index contributed by atoms with van der Waals surface area (Å²) in [6.45, 7) is 0. The van der Waals surface area contributed by atoms with Crippen LogP contribution < -0.4 is 11.1 Å². The van der Waals surface area contributed by atoms with E-state index < -0.39 is 47.0 Å². The first-order valence-electron chi connectivity index (χ1n) is 5.98. The van der Waals surface area contributed by atoms with Crippen molar-refractivity contribution < 1.29 is 29.5 Å². The molecule has 0 aliphatic heterocycles. The number of rotatable bonds is 7. The fourth-order valence-corrected chi connectivity index (χ4v) is 1.68. The van der Waals surface area contributed by atoms with Gasteiger partial charge in [0.1, 0.15) is 6.04 Å². The Morgan fingerprint density at radius 2 is 1.82 bits per heavy atom. The molecule has 0 aliphatic rings. The molecule has 0 radical (unpaired) electrons. The molecule has 0 saturated heterocycles. The van der Waals surface area contributed by atoms with Crippen molar-refractivity contribution >= 4 is 23.5 Å². The number of hydrogen-bond donors (Lipinski definition) is 4. The van der Waals surface area contributed by atoms with Crippen molar-refractivity contribution in [2.75, 3.05) is 0 Å². The average molecular weight is 311 g/mol. The second kappa shape index (κ2) is 7.13. The third kappa shape index (κ3) is 4.24. The van der Waals surface area contributed by atoms with Gasteiger partial charge in [-0.2, -0.15) is 0 Å². The van der Waals surface area contributed by atoms with E-state index in [2.05, 4.69) is 0 Å². The van der Waals surface area contributed by atoms with Gasteiger partial charge in [-0.05, 0) is 6.07 Å². The number of para-hydroxylation sites is 1. The Kier molecular flexibility index (Phi) is 5.52. The van der Waals surface area contributed by atoms with Crippen LogP contribution >= 0.6 is 0 Å². The van der Waals surface area contributed by atoms with Crippen LogP contribution in [0.4, 0.5) is 5.69 Å². The topological polar surface area (TPSA) is 173 Å². The molecule has 0 aromatic heterocycles. The number of nitrogens with two attached hydrogens (primary N) is 1. The van der Waals surface area contributed by atoms with Gasteiger partial charge in [0.05, 0.1) is 16.9 Å². The number of carboxylic acids is 2. The SMILES string of the molecule is N[C@@H](CC(=O)NC(C(=O)O)c1ccccc1[N+](=O)[O-])C(=O)O. The number of carbonyl (C=O) groups excluding carboxylic acids is 1. The lowest BCUT2D eigenvalue weighted by Gasteiger charge is -2.15. The normalized spacial score (nSPS) is 13.0. The number of nitro benzene ring substituents is 1. The molecule has 1 amide bonds. The van der Waals surface area contributed by atoms with Crippen molar-refractivity contribution in [2.24, 2.45) is 5.73 Å². The van der Waals surface area contributed by atoms with Crippen LogP contribution in [-0.2, 0) is 14.4 Å². The quantitative estimate of drug-likeness (QED) is 0.390. The maximum atomic E-state index is 11.6. The number of nitrogens with one attached hydrogen (secondary N) is 1. The number of benzene rings is 1. The second-order valence-electron chi connectivity index (χ2n) is 4.30. The van der Waals surface area contributed by atoms with Crippen LogP contribution in [0, 0.1) is 10.1 Å². The van der Waals surface area contributed by atoms with Crippen LogP contribution in [0.2, 0.25) is 0 Å². The summed E-state index contributed by atoms with van der Waals surface area (Å²) >= 11 is 0. The molecule has 1 aromatic carbocycles. The second-order valence-corrected chi connectivity index (χ2v) is 4.30. The van der Waals surface area contributed by atoms with Gasteiger partial charge in [-0.3, -0.25) is 19.7 Å². The molecule has 0 saturated carbocycles. The van der Waals surface area contributed by atoms with Gasteiger partial charge in [-0.15, -0.1) is 0 Å². The molecular weight excluding hydrogens is 298 g/mol. The number of nitrogens with zero attached hydrogens (tertiary/aromatic N) is 1. The molecule has 118 valence electrons. The molecule has 1 rings (SSSR count). The zero-order valence-corrected chi connectivity index (χ0v) is 11.1. The molecular formula is C12H13N3O7. The van der Waals surface area contributed by atoms with E-state index in [9.17, 15) is 24.5 Å². The molecule has 5 N–H and O–H groups in total. The molecule has 10 nitrogen and oxygen atoms in total. The average Bonchev–Trinajstić information content (AvgIpc) is 2.44. The zero-order valence-electron chi connectivity index (χ0n) is 11.1. The lowest BCUT2D eigenvalue weighted by atomic mass is 10.0. The Balaban J connectivity index is 3.01. The molecule has 22 heavy (non-hydrogen) atoms. The number of hydrogen-bond acceptors (Lipinski definition) is 6. The van der Waals surface area contributed by atoms with E-state index in [4.69, 9.17) is 15.9 Å². The minimum absolute atomic E-state index is 0.225. The van der Waals surface area contributed by atoms with Crippen LogP contribution in [0.1, 0.15) is 18.0 Å². The monoisotopic (exact) mass is 311 g/mol. The fraction of sp³-hybridized carbons (Fsp3) is 0.250. The van der Waals surface area contributed by atoms with Crippen LogP contribution in [0.15, 0.2) is 24.3 Å². The van der Waals surface area contributed by atoms with Crippen molar-refractivity contribution in [3.63, 3.8) is 0 Å². The molecule has 10 heteroatoms. The Bertz CT molecular complexity index is 616. The number of amides is 1. The van der Waals surface area contributed by atoms with E-state index in [1.807, 2.05) is 5.32 Å². The van der Waals surface area contributed by atoms with E-state index in [0.29, 0.717) is 0 Å². The molecule has 1 unspecified atom stereocenters. The molecule has 0 spiro atoms. The van der Waals surface area contributed by atoms with Crippen molar-refractivity contribution in [3.8, 4) is 0 Å². The van der Waals surface area contributed by atoms with E-state index in [1.54, 1.807) is 0 Å². The van der Waals surface area contributed by atoms with Gasteiger partial charge in [0.2, 0.25) is 5.91 Å². The van der Waals surface area contributed by atoms with Crippen LogP contribution in [-0.4, -0.2) is 39.0 Å². The third-order valence-corrected chi connectivity index (χ3v) is 2.72. The first-order valence-corrected chi connectivity index (χ1v) is 5.98. The highest BCUT2D eigenvalue weighted by atomic mass is 16.6. The Morgan fingerprint density at radius 3 is 2.32 bits per heavy atom. The van der Waals surface area contributed by atoms with Gasteiger partial charge in [0.25, 0.3) is 5.69 Å². The molecule has 1 aromatic rings. The predicted octanol–water partition coefficient (Wildman–Crippen LogP) is -0.361. The molecule has 0 aliphatic carbocycles. The van der Waals surface area contributed by atoms with E-state index in [-0.39, 0.29) is 5.56 Å². The summed E-state index contributed by atoms with van der Waals surface area (Å²) in [7, 11) is 0. The molecule has 0 fully saturated rings. The predicted molar refractivity (Wildman–Crippen MR) is 71.8 cm³/mol. The van der Waals surface area contributed by atoms with Crippen molar-refractivity contribution in [2.45, 2.75) is 18.5 Å². The molecule has 0 bridgehead atoms. The van der Waals surface area contributed by atoms with Gasteiger partial charge >= 0.3 is 11.9 Å². The smallest absolute Gasteiger partial charge is 0.331 e. The highest BCUT2D eigenvalue weighted by Gasteiger charge is 2.29. The fourth-order valence-electron chi connectivity index (χ4n) is 1.68. The zero-order chi connectivity index (χ0) is 16.9. The molecule has 2 atom stereocenters. The summed E-state index contributed by atoms with van der Waals surface area (Å²) in [6.07, 6.45) is -0.653. The van der Waals surface area contributed by atoms with Gasteiger partial charge in [-0.1, -0.05) is 12.1 Å². The summed E-state index contributed by atoms with van der Waals surface area (Å²) in [5.41, 5.74) is 4.47.